The molecular weight excluding hydrogens is 245 g/mol. The molecule has 0 amide bonds. The van der Waals surface area contributed by atoms with Crippen LogP contribution in [0.3, 0.4) is 0 Å². The zero-order valence-electron chi connectivity index (χ0n) is 10.7. The molecule has 2 N–H and O–H groups in total. The Labute approximate surface area is 111 Å². The van der Waals surface area contributed by atoms with Crippen molar-refractivity contribution < 1.29 is 13.9 Å². The van der Waals surface area contributed by atoms with Gasteiger partial charge in [-0.25, -0.2) is 4.39 Å². The van der Waals surface area contributed by atoms with E-state index in [2.05, 4.69) is 0 Å². The van der Waals surface area contributed by atoms with E-state index in [-0.39, 0.29) is 12.4 Å². The first-order valence-corrected chi connectivity index (χ1v) is 5.94. The molecule has 0 aromatic heterocycles. The summed E-state index contributed by atoms with van der Waals surface area (Å²) in [6.07, 6.45) is 0. The van der Waals surface area contributed by atoms with Gasteiger partial charge in [0.1, 0.15) is 11.6 Å². The summed E-state index contributed by atoms with van der Waals surface area (Å²) in [4.78, 5) is 0. The molecule has 0 aliphatic carbocycles. The van der Waals surface area contributed by atoms with E-state index < -0.39 is 0 Å². The van der Waals surface area contributed by atoms with Crippen molar-refractivity contribution >= 4 is 5.69 Å². The Bertz CT molecular complexity index is 558. The number of methoxy groups -OCH3 is 1. The number of nitrogens with two attached hydrogens (primary N) is 1. The van der Waals surface area contributed by atoms with Gasteiger partial charge in [0.2, 0.25) is 0 Å². The molecule has 0 spiro atoms. The van der Waals surface area contributed by atoms with Crippen molar-refractivity contribution in [2.45, 2.75) is 13.2 Å². The molecule has 100 valence electrons. The Kier molecular flexibility index (Phi) is 4.36. The maximum absolute atomic E-state index is 13.5. The molecule has 2 rings (SSSR count). The molecule has 0 saturated heterocycles. The molecule has 0 atom stereocenters. The number of nitrogen functional groups attached to an aromatic ring is 1. The lowest BCUT2D eigenvalue weighted by molar-refractivity contribution is 0.103. The lowest BCUT2D eigenvalue weighted by Gasteiger charge is -2.09. The van der Waals surface area contributed by atoms with Crippen LogP contribution in [-0.4, -0.2) is 7.11 Å². The van der Waals surface area contributed by atoms with Gasteiger partial charge in [-0.1, -0.05) is 24.3 Å². The van der Waals surface area contributed by atoms with Crippen LogP contribution in [0, 0.1) is 5.82 Å². The molecule has 3 nitrogen and oxygen atoms in total. The Morgan fingerprint density at radius 1 is 1.05 bits per heavy atom. The second kappa shape index (κ2) is 6.20. The standard InChI is InChI=1S/C15H16FNO2/c1-18-15-5-3-2-4-12(15)10-19-9-11-6-7-13(17)8-14(11)16/h2-8H,9-10,17H2,1H3. The summed E-state index contributed by atoms with van der Waals surface area (Å²) in [5.41, 5.74) is 7.32. The molecule has 0 aliphatic rings. The molecule has 2 aromatic rings. The number of para-hydroxylation sites is 1. The number of ether oxygens (including phenoxy) is 2. The SMILES string of the molecule is COc1ccccc1COCc1ccc(N)cc1F. The number of anilines is 1. The number of benzene rings is 2. The summed E-state index contributed by atoms with van der Waals surface area (Å²) in [5, 5.41) is 0. The zero-order valence-corrected chi connectivity index (χ0v) is 10.7. The smallest absolute Gasteiger partial charge is 0.130 e. The summed E-state index contributed by atoms with van der Waals surface area (Å²) < 4.78 is 24.3. The Balaban J connectivity index is 1.96. The lowest BCUT2D eigenvalue weighted by Crippen LogP contribution is -1.99. The maximum atomic E-state index is 13.5. The van der Waals surface area contributed by atoms with E-state index in [1.54, 1.807) is 19.2 Å². The molecule has 0 fully saturated rings. The third-order valence-electron chi connectivity index (χ3n) is 2.78. The van der Waals surface area contributed by atoms with Gasteiger partial charge in [-0.3, -0.25) is 0 Å². The normalized spacial score (nSPS) is 10.4. The van der Waals surface area contributed by atoms with Crippen molar-refractivity contribution in [2.75, 3.05) is 12.8 Å². The fourth-order valence-corrected chi connectivity index (χ4v) is 1.77. The van der Waals surface area contributed by atoms with Crippen molar-refractivity contribution in [3.8, 4) is 5.75 Å². The minimum absolute atomic E-state index is 0.199. The predicted molar refractivity (Wildman–Crippen MR) is 72.3 cm³/mol. The van der Waals surface area contributed by atoms with Crippen LogP contribution in [0.4, 0.5) is 10.1 Å². The van der Waals surface area contributed by atoms with Gasteiger partial charge in [-0.05, 0) is 18.2 Å². The molecule has 2 aromatic carbocycles. The highest BCUT2D eigenvalue weighted by Crippen LogP contribution is 2.19. The van der Waals surface area contributed by atoms with Crippen molar-refractivity contribution in [2.24, 2.45) is 0 Å². The number of halogens is 1. The molecule has 0 bridgehead atoms. The highest BCUT2D eigenvalue weighted by Gasteiger charge is 2.05. The van der Waals surface area contributed by atoms with E-state index >= 15 is 0 Å². The highest BCUT2D eigenvalue weighted by atomic mass is 19.1. The summed E-state index contributed by atoms with van der Waals surface area (Å²) >= 11 is 0. The van der Waals surface area contributed by atoms with Crippen LogP contribution in [0.25, 0.3) is 0 Å². The molecule has 4 heteroatoms. The van der Waals surface area contributed by atoms with E-state index in [1.807, 2.05) is 24.3 Å². The fraction of sp³-hybridized carbons (Fsp3) is 0.200. The Morgan fingerprint density at radius 2 is 1.79 bits per heavy atom. The van der Waals surface area contributed by atoms with Crippen molar-refractivity contribution in [3.63, 3.8) is 0 Å². The van der Waals surface area contributed by atoms with Crippen LogP contribution in [0.5, 0.6) is 5.75 Å². The third kappa shape index (κ3) is 3.45. The van der Waals surface area contributed by atoms with Gasteiger partial charge in [0, 0.05) is 16.8 Å². The average molecular weight is 261 g/mol. The molecule has 0 aliphatic heterocycles. The first-order valence-electron chi connectivity index (χ1n) is 5.94. The summed E-state index contributed by atoms with van der Waals surface area (Å²) in [6, 6.07) is 12.2. The topological polar surface area (TPSA) is 44.5 Å². The van der Waals surface area contributed by atoms with Gasteiger partial charge in [-0.15, -0.1) is 0 Å². The molecule has 0 radical (unpaired) electrons. The van der Waals surface area contributed by atoms with Gasteiger partial charge in [0.15, 0.2) is 0 Å². The highest BCUT2D eigenvalue weighted by molar-refractivity contribution is 5.40. The monoisotopic (exact) mass is 261 g/mol. The van der Waals surface area contributed by atoms with Crippen LogP contribution in [0.1, 0.15) is 11.1 Å². The molecule has 19 heavy (non-hydrogen) atoms. The van der Waals surface area contributed by atoms with Crippen LogP contribution in [0.15, 0.2) is 42.5 Å². The number of hydrogen-bond donors (Lipinski definition) is 1. The predicted octanol–water partition coefficient (Wildman–Crippen LogP) is 3.13. The third-order valence-corrected chi connectivity index (χ3v) is 2.78. The van der Waals surface area contributed by atoms with E-state index in [9.17, 15) is 4.39 Å². The van der Waals surface area contributed by atoms with Gasteiger partial charge in [0.05, 0.1) is 20.3 Å². The quantitative estimate of drug-likeness (QED) is 0.841. The van der Waals surface area contributed by atoms with Gasteiger partial charge < -0.3 is 15.2 Å². The zero-order chi connectivity index (χ0) is 13.7. The fourth-order valence-electron chi connectivity index (χ4n) is 1.77. The molecule has 0 unspecified atom stereocenters. The van der Waals surface area contributed by atoms with Crippen LogP contribution < -0.4 is 10.5 Å². The average Bonchev–Trinajstić information content (AvgIpc) is 2.42. The minimum atomic E-state index is -0.347. The van der Waals surface area contributed by atoms with Crippen molar-refractivity contribution in [1.82, 2.24) is 0 Å². The Hall–Kier alpha value is -2.07. The second-order valence-electron chi connectivity index (χ2n) is 4.16. The first kappa shape index (κ1) is 13.4. The van der Waals surface area contributed by atoms with Gasteiger partial charge >= 0.3 is 0 Å². The van der Waals surface area contributed by atoms with Crippen molar-refractivity contribution in [1.29, 1.82) is 0 Å². The first-order chi connectivity index (χ1) is 9.20. The van der Waals surface area contributed by atoms with E-state index in [0.29, 0.717) is 17.9 Å². The summed E-state index contributed by atoms with van der Waals surface area (Å²) in [6.45, 7) is 0.567. The van der Waals surface area contributed by atoms with Crippen LogP contribution >= 0.6 is 0 Å². The molecular formula is C15H16FNO2. The van der Waals surface area contributed by atoms with Gasteiger partial charge in [0.25, 0.3) is 0 Å². The summed E-state index contributed by atoms with van der Waals surface area (Å²) in [5.74, 6) is 0.417. The maximum Gasteiger partial charge on any atom is 0.130 e. The van der Waals surface area contributed by atoms with E-state index in [0.717, 1.165) is 11.3 Å². The summed E-state index contributed by atoms with van der Waals surface area (Å²) in [7, 11) is 1.61. The second-order valence-corrected chi connectivity index (χ2v) is 4.16. The van der Waals surface area contributed by atoms with Crippen molar-refractivity contribution in [3.05, 3.63) is 59.4 Å². The molecule has 0 saturated carbocycles. The van der Waals surface area contributed by atoms with E-state index in [1.165, 1.54) is 6.07 Å². The molecule has 0 heterocycles. The van der Waals surface area contributed by atoms with Crippen LogP contribution in [-0.2, 0) is 18.0 Å². The minimum Gasteiger partial charge on any atom is -0.496 e. The number of hydrogen-bond acceptors (Lipinski definition) is 3. The van der Waals surface area contributed by atoms with E-state index in [4.69, 9.17) is 15.2 Å². The van der Waals surface area contributed by atoms with Crippen LogP contribution in [0.2, 0.25) is 0 Å². The van der Waals surface area contributed by atoms with Gasteiger partial charge in [-0.2, -0.15) is 0 Å². The largest absolute Gasteiger partial charge is 0.496 e. The lowest BCUT2D eigenvalue weighted by atomic mass is 10.2. The Morgan fingerprint density at radius 3 is 2.53 bits per heavy atom. The number of rotatable bonds is 5.